The standard InChI is InChI=1S/C25H25ClN4O4S/c1-2-3-12-29-21(15-20-23(29)27-22-6-4-5-13-30(22)24(20)31)25(32)28-14-11-19(16-28)35(33,34)18-9-7-17(26)8-10-18/h4-10,13,15,19H,2-3,11-12,14,16H2,1H3. The molecule has 5 rings (SSSR count). The first-order valence-corrected chi connectivity index (χ1v) is 13.5. The summed E-state index contributed by atoms with van der Waals surface area (Å²) >= 11 is 5.90. The summed E-state index contributed by atoms with van der Waals surface area (Å²) in [5.41, 5.74) is 1.11. The van der Waals surface area contributed by atoms with Gasteiger partial charge in [0, 0.05) is 30.9 Å². The number of rotatable bonds is 6. The third-order valence-electron chi connectivity index (χ3n) is 6.54. The lowest BCUT2D eigenvalue weighted by molar-refractivity contribution is 0.0782. The van der Waals surface area contributed by atoms with Crippen molar-refractivity contribution >= 4 is 44.0 Å². The second-order valence-electron chi connectivity index (χ2n) is 8.78. The van der Waals surface area contributed by atoms with E-state index in [1.54, 1.807) is 46.0 Å². The number of carbonyl (C=O) groups is 1. The first kappa shape index (κ1) is 23.6. The van der Waals surface area contributed by atoms with Crippen molar-refractivity contribution in [1.82, 2.24) is 18.9 Å². The van der Waals surface area contributed by atoms with E-state index < -0.39 is 15.1 Å². The Morgan fingerprint density at radius 1 is 1.17 bits per heavy atom. The van der Waals surface area contributed by atoms with Crippen LogP contribution in [0, 0.1) is 0 Å². The lowest BCUT2D eigenvalue weighted by atomic mass is 10.3. The van der Waals surface area contributed by atoms with Gasteiger partial charge in [-0.2, -0.15) is 0 Å². The van der Waals surface area contributed by atoms with E-state index in [0.29, 0.717) is 46.9 Å². The zero-order valence-electron chi connectivity index (χ0n) is 19.2. The van der Waals surface area contributed by atoms with Crippen LogP contribution in [0.2, 0.25) is 5.02 Å². The van der Waals surface area contributed by atoms with Crippen molar-refractivity contribution in [3.8, 4) is 0 Å². The van der Waals surface area contributed by atoms with Crippen molar-refractivity contribution in [3.05, 3.63) is 75.8 Å². The third-order valence-corrected chi connectivity index (χ3v) is 8.99. The molecule has 0 radical (unpaired) electrons. The van der Waals surface area contributed by atoms with Crippen molar-refractivity contribution in [2.75, 3.05) is 13.1 Å². The van der Waals surface area contributed by atoms with Gasteiger partial charge < -0.3 is 9.47 Å². The number of carbonyl (C=O) groups excluding carboxylic acids is 1. The third kappa shape index (κ3) is 4.12. The molecule has 1 fully saturated rings. The Balaban J connectivity index is 1.51. The molecule has 0 bridgehead atoms. The summed E-state index contributed by atoms with van der Waals surface area (Å²) in [6.07, 6.45) is 3.72. The van der Waals surface area contributed by atoms with Gasteiger partial charge in [-0.15, -0.1) is 0 Å². The average Bonchev–Trinajstić information content (AvgIpc) is 3.49. The van der Waals surface area contributed by atoms with E-state index >= 15 is 0 Å². The molecule has 10 heteroatoms. The monoisotopic (exact) mass is 512 g/mol. The largest absolute Gasteiger partial charge is 0.336 e. The molecule has 1 atom stereocenters. The molecule has 182 valence electrons. The Morgan fingerprint density at radius 3 is 2.69 bits per heavy atom. The predicted octanol–water partition coefficient (Wildman–Crippen LogP) is 3.79. The summed E-state index contributed by atoms with van der Waals surface area (Å²) < 4.78 is 29.5. The van der Waals surface area contributed by atoms with E-state index in [-0.39, 0.29) is 22.9 Å². The molecule has 0 spiro atoms. The zero-order valence-corrected chi connectivity index (χ0v) is 20.8. The van der Waals surface area contributed by atoms with E-state index in [1.165, 1.54) is 16.5 Å². The first-order valence-electron chi connectivity index (χ1n) is 11.6. The van der Waals surface area contributed by atoms with E-state index in [2.05, 4.69) is 11.9 Å². The van der Waals surface area contributed by atoms with Gasteiger partial charge in [-0.05, 0) is 55.3 Å². The Hall–Kier alpha value is -3.17. The van der Waals surface area contributed by atoms with E-state index in [1.807, 2.05) is 6.07 Å². The molecular formula is C25H25ClN4O4S. The van der Waals surface area contributed by atoms with Crippen LogP contribution in [0.5, 0.6) is 0 Å². The predicted molar refractivity (Wildman–Crippen MR) is 135 cm³/mol. The molecule has 4 aromatic rings. The van der Waals surface area contributed by atoms with E-state index in [9.17, 15) is 18.0 Å². The van der Waals surface area contributed by atoms with Crippen molar-refractivity contribution in [2.45, 2.75) is 42.9 Å². The lowest BCUT2D eigenvalue weighted by Gasteiger charge is -2.18. The number of aromatic nitrogens is 3. The van der Waals surface area contributed by atoms with Gasteiger partial charge in [0.1, 0.15) is 17.0 Å². The number of amides is 1. The van der Waals surface area contributed by atoms with Crippen LogP contribution in [0.1, 0.15) is 36.7 Å². The van der Waals surface area contributed by atoms with Crippen LogP contribution in [-0.2, 0) is 16.4 Å². The minimum Gasteiger partial charge on any atom is -0.336 e. The molecule has 1 unspecified atom stereocenters. The van der Waals surface area contributed by atoms with Crippen LogP contribution >= 0.6 is 11.6 Å². The average molecular weight is 513 g/mol. The van der Waals surface area contributed by atoms with Crippen LogP contribution in [0.3, 0.4) is 0 Å². The molecule has 0 aliphatic carbocycles. The number of aryl methyl sites for hydroxylation is 1. The van der Waals surface area contributed by atoms with Crippen LogP contribution in [-0.4, -0.2) is 51.5 Å². The van der Waals surface area contributed by atoms with E-state index in [4.69, 9.17) is 11.6 Å². The molecule has 35 heavy (non-hydrogen) atoms. The summed E-state index contributed by atoms with van der Waals surface area (Å²) in [5, 5.41) is 0.134. The quantitative estimate of drug-likeness (QED) is 0.392. The fraction of sp³-hybridized carbons (Fsp3) is 0.320. The van der Waals surface area contributed by atoms with Crippen LogP contribution < -0.4 is 5.56 Å². The molecule has 1 aliphatic heterocycles. The minimum absolute atomic E-state index is 0.0908. The summed E-state index contributed by atoms with van der Waals surface area (Å²) in [6.45, 7) is 3.00. The van der Waals surface area contributed by atoms with Gasteiger partial charge in [-0.1, -0.05) is 31.0 Å². The number of hydrogen-bond acceptors (Lipinski definition) is 5. The van der Waals surface area contributed by atoms with E-state index in [0.717, 1.165) is 12.8 Å². The number of nitrogens with zero attached hydrogens (tertiary/aromatic N) is 4. The summed E-state index contributed by atoms with van der Waals surface area (Å²) in [5.74, 6) is -0.290. The molecule has 1 aromatic carbocycles. The van der Waals surface area contributed by atoms with Gasteiger partial charge in [-0.25, -0.2) is 13.4 Å². The summed E-state index contributed by atoms with van der Waals surface area (Å²) in [7, 11) is -3.61. The highest BCUT2D eigenvalue weighted by molar-refractivity contribution is 7.92. The van der Waals surface area contributed by atoms with Crippen molar-refractivity contribution in [1.29, 1.82) is 0 Å². The topological polar surface area (TPSA) is 93.8 Å². The molecule has 0 N–H and O–H groups in total. The molecule has 3 aromatic heterocycles. The Kier molecular flexibility index (Phi) is 6.14. The van der Waals surface area contributed by atoms with Gasteiger partial charge >= 0.3 is 0 Å². The fourth-order valence-electron chi connectivity index (χ4n) is 4.62. The summed E-state index contributed by atoms with van der Waals surface area (Å²) in [4.78, 5) is 33.2. The van der Waals surface area contributed by atoms with Crippen LogP contribution in [0.4, 0.5) is 0 Å². The number of benzene rings is 1. The SMILES string of the molecule is CCCCn1c(C(=O)N2CCC(S(=O)(=O)c3ccc(Cl)cc3)C2)cc2c(=O)n3ccccc3nc21. The maximum Gasteiger partial charge on any atom is 0.270 e. The Morgan fingerprint density at radius 2 is 1.94 bits per heavy atom. The highest BCUT2D eigenvalue weighted by atomic mass is 35.5. The molecule has 1 amide bonds. The van der Waals surface area contributed by atoms with Crippen molar-refractivity contribution in [3.63, 3.8) is 0 Å². The second-order valence-corrected chi connectivity index (χ2v) is 11.4. The Bertz CT molecular complexity index is 1590. The smallest absolute Gasteiger partial charge is 0.270 e. The number of sulfone groups is 1. The molecule has 8 nitrogen and oxygen atoms in total. The Labute approximate surface area is 207 Å². The molecule has 1 aliphatic rings. The number of unbranched alkanes of at least 4 members (excludes halogenated alkanes) is 1. The first-order chi connectivity index (χ1) is 16.8. The van der Waals surface area contributed by atoms with Gasteiger partial charge in [0.25, 0.3) is 11.5 Å². The second kappa shape index (κ2) is 9.13. The minimum atomic E-state index is -3.61. The maximum absolute atomic E-state index is 13.6. The maximum atomic E-state index is 13.6. The fourth-order valence-corrected chi connectivity index (χ4v) is 6.43. The zero-order chi connectivity index (χ0) is 24.7. The van der Waals surface area contributed by atoms with Crippen molar-refractivity contribution in [2.24, 2.45) is 0 Å². The molecule has 0 saturated carbocycles. The number of pyridine rings is 1. The molecule has 4 heterocycles. The highest BCUT2D eigenvalue weighted by Crippen LogP contribution is 2.27. The number of likely N-dealkylation sites (tertiary alicyclic amines) is 1. The number of hydrogen-bond donors (Lipinski definition) is 0. The van der Waals surface area contributed by atoms with Gasteiger partial charge in [-0.3, -0.25) is 14.0 Å². The number of fused-ring (bicyclic) bond motifs is 2. The highest BCUT2D eigenvalue weighted by Gasteiger charge is 2.37. The van der Waals surface area contributed by atoms with Gasteiger partial charge in [0.15, 0.2) is 9.84 Å². The lowest BCUT2D eigenvalue weighted by Crippen LogP contribution is -2.33. The van der Waals surface area contributed by atoms with Crippen LogP contribution in [0.15, 0.2) is 64.4 Å². The summed E-state index contributed by atoms with van der Waals surface area (Å²) in [6, 6.07) is 13.0. The number of halogens is 1. The van der Waals surface area contributed by atoms with Crippen molar-refractivity contribution < 1.29 is 13.2 Å². The van der Waals surface area contributed by atoms with Crippen LogP contribution in [0.25, 0.3) is 16.7 Å². The molecule has 1 saturated heterocycles. The van der Waals surface area contributed by atoms with Gasteiger partial charge in [0.05, 0.1) is 15.5 Å². The molecular weight excluding hydrogens is 488 g/mol. The van der Waals surface area contributed by atoms with Gasteiger partial charge in [0.2, 0.25) is 0 Å². The normalized spacial score (nSPS) is 16.4.